The zero-order valence-corrected chi connectivity index (χ0v) is 17.5. The van der Waals surface area contributed by atoms with E-state index >= 15 is 0 Å². The zero-order chi connectivity index (χ0) is 21.0. The van der Waals surface area contributed by atoms with Crippen LogP contribution in [-0.2, 0) is 11.3 Å². The van der Waals surface area contributed by atoms with Crippen molar-refractivity contribution in [2.45, 2.75) is 40.3 Å². The second-order valence-electron chi connectivity index (χ2n) is 7.14. The molecule has 3 aromatic rings. The van der Waals surface area contributed by atoms with Crippen molar-refractivity contribution < 1.29 is 14.3 Å². The first-order valence-corrected chi connectivity index (χ1v) is 9.63. The minimum Gasteiger partial charge on any atom is -0.497 e. The predicted octanol–water partition coefficient (Wildman–Crippen LogP) is 4.74. The van der Waals surface area contributed by atoms with Crippen LogP contribution in [0.2, 0.25) is 0 Å². The number of amides is 1. The summed E-state index contributed by atoms with van der Waals surface area (Å²) in [5, 5.41) is 4.71. The molecule has 0 unspecified atom stereocenters. The van der Waals surface area contributed by atoms with Crippen LogP contribution in [0, 0.1) is 6.92 Å². The molecular weight excluding hydrogens is 366 g/mol. The molecule has 0 saturated heterocycles. The van der Waals surface area contributed by atoms with Crippen LogP contribution in [0.15, 0.2) is 54.6 Å². The molecule has 6 heteroatoms. The van der Waals surface area contributed by atoms with Gasteiger partial charge in [0.2, 0.25) is 11.8 Å². The van der Waals surface area contributed by atoms with Gasteiger partial charge in [-0.15, -0.1) is 0 Å². The number of benzene rings is 2. The van der Waals surface area contributed by atoms with Crippen LogP contribution in [-0.4, -0.2) is 33.7 Å². The standard InChI is InChI=1S/C23H27N3O3/c1-16(2)25(18(4)27)15-22-17(3)24-26(19-10-7-6-8-11-19)23(22)29-21-13-9-12-20(14-21)28-5/h6-14,16H,15H2,1-5H3. The summed E-state index contributed by atoms with van der Waals surface area (Å²) < 4.78 is 13.4. The van der Waals surface area contributed by atoms with E-state index in [1.807, 2.05) is 75.4 Å². The lowest BCUT2D eigenvalue weighted by molar-refractivity contribution is -0.131. The average molecular weight is 393 g/mol. The van der Waals surface area contributed by atoms with Gasteiger partial charge in [0.1, 0.15) is 11.5 Å². The van der Waals surface area contributed by atoms with Crippen LogP contribution in [0.5, 0.6) is 17.4 Å². The number of aromatic nitrogens is 2. The number of hydrogen-bond donors (Lipinski definition) is 0. The topological polar surface area (TPSA) is 56.6 Å². The molecule has 6 nitrogen and oxygen atoms in total. The van der Waals surface area contributed by atoms with E-state index in [9.17, 15) is 4.79 Å². The highest BCUT2D eigenvalue weighted by Crippen LogP contribution is 2.33. The van der Waals surface area contributed by atoms with E-state index in [-0.39, 0.29) is 11.9 Å². The van der Waals surface area contributed by atoms with Crippen molar-refractivity contribution in [3.63, 3.8) is 0 Å². The van der Waals surface area contributed by atoms with E-state index in [0.717, 1.165) is 16.9 Å². The molecule has 152 valence electrons. The van der Waals surface area contributed by atoms with Crippen LogP contribution in [0.3, 0.4) is 0 Å². The Bertz CT molecular complexity index is 980. The van der Waals surface area contributed by atoms with Gasteiger partial charge in [-0.1, -0.05) is 24.3 Å². The summed E-state index contributed by atoms with van der Waals surface area (Å²) >= 11 is 0. The first-order chi connectivity index (χ1) is 13.9. The van der Waals surface area contributed by atoms with Gasteiger partial charge in [0.15, 0.2) is 0 Å². The molecule has 0 aliphatic heterocycles. The minimum absolute atomic E-state index is 0.0131. The molecule has 0 aliphatic rings. The lowest BCUT2D eigenvalue weighted by atomic mass is 10.2. The molecule has 0 N–H and O–H groups in total. The molecule has 2 aromatic carbocycles. The van der Waals surface area contributed by atoms with Gasteiger partial charge in [-0.2, -0.15) is 5.10 Å². The summed E-state index contributed by atoms with van der Waals surface area (Å²) in [6.07, 6.45) is 0. The van der Waals surface area contributed by atoms with E-state index < -0.39 is 0 Å². The third-order valence-corrected chi connectivity index (χ3v) is 4.75. The second-order valence-corrected chi connectivity index (χ2v) is 7.14. The van der Waals surface area contributed by atoms with Gasteiger partial charge in [-0.05, 0) is 45.0 Å². The summed E-state index contributed by atoms with van der Waals surface area (Å²) in [6, 6.07) is 17.3. The molecule has 3 rings (SSSR count). The molecule has 0 radical (unpaired) electrons. The van der Waals surface area contributed by atoms with Crippen molar-refractivity contribution in [1.82, 2.24) is 14.7 Å². The third kappa shape index (κ3) is 4.59. The molecule has 29 heavy (non-hydrogen) atoms. The number of rotatable bonds is 7. The Balaban J connectivity index is 2.09. The fraction of sp³-hybridized carbons (Fsp3) is 0.304. The van der Waals surface area contributed by atoms with Crippen molar-refractivity contribution in [2.75, 3.05) is 7.11 Å². The van der Waals surface area contributed by atoms with E-state index in [0.29, 0.717) is 23.9 Å². The number of aryl methyl sites for hydroxylation is 1. The van der Waals surface area contributed by atoms with Gasteiger partial charge in [0.05, 0.1) is 30.6 Å². The molecule has 0 fully saturated rings. The fourth-order valence-corrected chi connectivity index (χ4v) is 3.17. The molecule has 1 amide bonds. The number of para-hydroxylation sites is 1. The Hall–Kier alpha value is -3.28. The number of methoxy groups -OCH3 is 1. The van der Waals surface area contributed by atoms with E-state index in [2.05, 4.69) is 0 Å². The first-order valence-electron chi connectivity index (χ1n) is 9.63. The van der Waals surface area contributed by atoms with Crippen LogP contribution >= 0.6 is 0 Å². The molecule has 1 aromatic heterocycles. The Labute approximate surface area is 171 Å². The number of ether oxygens (including phenoxy) is 2. The van der Waals surface area contributed by atoms with Crippen molar-refractivity contribution in [3.8, 4) is 23.1 Å². The van der Waals surface area contributed by atoms with Crippen LogP contribution in [0.25, 0.3) is 5.69 Å². The third-order valence-electron chi connectivity index (χ3n) is 4.75. The number of carbonyl (C=O) groups excluding carboxylic acids is 1. The summed E-state index contributed by atoms with van der Waals surface area (Å²) in [7, 11) is 1.62. The molecular formula is C23H27N3O3. The Morgan fingerprint density at radius 2 is 1.79 bits per heavy atom. The molecule has 1 heterocycles. The van der Waals surface area contributed by atoms with Gasteiger partial charge in [-0.25, -0.2) is 4.68 Å². The Kier molecular flexibility index (Phi) is 6.22. The van der Waals surface area contributed by atoms with Crippen molar-refractivity contribution in [2.24, 2.45) is 0 Å². The van der Waals surface area contributed by atoms with Gasteiger partial charge < -0.3 is 14.4 Å². The van der Waals surface area contributed by atoms with E-state index in [1.54, 1.807) is 23.6 Å². The Morgan fingerprint density at radius 3 is 2.41 bits per heavy atom. The highest BCUT2D eigenvalue weighted by Gasteiger charge is 2.23. The van der Waals surface area contributed by atoms with Gasteiger partial charge in [0.25, 0.3) is 0 Å². The Morgan fingerprint density at radius 1 is 1.10 bits per heavy atom. The summed E-state index contributed by atoms with van der Waals surface area (Å²) in [4.78, 5) is 14.0. The van der Waals surface area contributed by atoms with Crippen molar-refractivity contribution >= 4 is 5.91 Å². The van der Waals surface area contributed by atoms with E-state index in [4.69, 9.17) is 14.6 Å². The largest absolute Gasteiger partial charge is 0.497 e. The highest BCUT2D eigenvalue weighted by atomic mass is 16.5. The summed E-state index contributed by atoms with van der Waals surface area (Å²) in [5.41, 5.74) is 2.58. The quantitative estimate of drug-likeness (QED) is 0.582. The molecule has 0 saturated carbocycles. The lowest BCUT2D eigenvalue weighted by Crippen LogP contribution is -2.34. The predicted molar refractivity (Wildman–Crippen MR) is 113 cm³/mol. The maximum atomic E-state index is 12.2. The van der Waals surface area contributed by atoms with Crippen LogP contribution in [0.1, 0.15) is 32.0 Å². The lowest BCUT2D eigenvalue weighted by Gasteiger charge is -2.25. The number of hydrogen-bond acceptors (Lipinski definition) is 4. The van der Waals surface area contributed by atoms with Crippen LogP contribution in [0.4, 0.5) is 0 Å². The SMILES string of the molecule is COc1cccc(Oc2c(CN(C(C)=O)C(C)C)c(C)nn2-c2ccccc2)c1. The number of carbonyl (C=O) groups is 1. The van der Waals surface area contributed by atoms with Gasteiger partial charge >= 0.3 is 0 Å². The van der Waals surface area contributed by atoms with E-state index in [1.165, 1.54) is 0 Å². The maximum absolute atomic E-state index is 12.2. The normalized spacial score (nSPS) is 10.8. The molecule has 0 aliphatic carbocycles. The second kappa shape index (κ2) is 8.82. The number of nitrogens with zero attached hydrogens (tertiary/aromatic N) is 3. The van der Waals surface area contributed by atoms with Gasteiger partial charge in [-0.3, -0.25) is 4.79 Å². The smallest absolute Gasteiger partial charge is 0.227 e. The van der Waals surface area contributed by atoms with Gasteiger partial charge in [0, 0.05) is 19.0 Å². The summed E-state index contributed by atoms with van der Waals surface area (Å²) in [5.74, 6) is 1.95. The monoisotopic (exact) mass is 393 g/mol. The average Bonchev–Trinajstić information content (AvgIpc) is 3.01. The first kappa shape index (κ1) is 20.5. The van der Waals surface area contributed by atoms with Crippen molar-refractivity contribution in [1.29, 1.82) is 0 Å². The molecule has 0 atom stereocenters. The highest BCUT2D eigenvalue weighted by molar-refractivity contribution is 5.73. The fourth-order valence-electron chi connectivity index (χ4n) is 3.17. The van der Waals surface area contributed by atoms with Crippen molar-refractivity contribution in [3.05, 3.63) is 65.9 Å². The van der Waals surface area contributed by atoms with Crippen LogP contribution < -0.4 is 9.47 Å². The molecule has 0 bridgehead atoms. The molecule has 0 spiro atoms. The maximum Gasteiger partial charge on any atom is 0.227 e. The minimum atomic E-state index is 0.0131. The summed E-state index contributed by atoms with van der Waals surface area (Å²) in [6.45, 7) is 7.94. The zero-order valence-electron chi connectivity index (χ0n) is 17.5.